The van der Waals surface area contributed by atoms with E-state index in [0.717, 1.165) is 18.4 Å². The zero-order valence-electron chi connectivity index (χ0n) is 9.85. The highest BCUT2D eigenvalue weighted by atomic mass is 19.1. The SMILES string of the molecule is CNC1(c2ccc(OC)c(F)c2)CCCC1. The van der Waals surface area contributed by atoms with E-state index in [1.165, 1.54) is 20.0 Å². The molecule has 0 unspecified atom stereocenters. The largest absolute Gasteiger partial charge is 0.494 e. The summed E-state index contributed by atoms with van der Waals surface area (Å²) in [5, 5.41) is 3.35. The minimum atomic E-state index is -0.276. The fraction of sp³-hybridized carbons (Fsp3) is 0.538. The molecule has 1 fully saturated rings. The van der Waals surface area contributed by atoms with Crippen LogP contribution in [-0.4, -0.2) is 14.2 Å². The monoisotopic (exact) mass is 223 g/mol. The van der Waals surface area contributed by atoms with Crippen LogP contribution >= 0.6 is 0 Å². The average molecular weight is 223 g/mol. The van der Waals surface area contributed by atoms with Crippen LogP contribution < -0.4 is 10.1 Å². The fourth-order valence-corrected chi connectivity index (χ4v) is 2.63. The molecule has 3 heteroatoms. The summed E-state index contributed by atoms with van der Waals surface area (Å²) >= 11 is 0. The van der Waals surface area contributed by atoms with Gasteiger partial charge in [0.1, 0.15) is 0 Å². The van der Waals surface area contributed by atoms with Crippen molar-refractivity contribution in [3.05, 3.63) is 29.6 Å². The first-order chi connectivity index (χ1) is 7.72. The number of hydrogen-bond donors (Lipinski definition) is 1. The molecule has 16 heavy (non-hydrogen) atoms. The fourth-order valence-electron chi connectivity index (χ4n) is 2.63. The van der Waals surface area contributed by atoms with Crippen molar-refractivity contribution in [2.45, 2.75) is 31.2 Å². The topological polar surface area (TPSA) is 21.3 Å². The van der Waals surface area contributed by atoms with Gasteiger partial charge in [0.15, 0.2) is 11.6 Å². The van der Waals surface area contributed by atoms with Gasteiger partial charge in [0.05, 0.1) is 7.11 Å². The number of ether oxygens (including phenoxy) is 1. The summed E-state index contributed by atoms with van der Waals surface area (Å²) < 4.78 is 18.6. The van der Waals surface area contributed by atoms with Gasteiger partial charge in [-0.2, -0.15) is 0 Å². The van der Waals surface area contributed by atoms with Gasteiger partial charge in [0, 0.05) is 5.54 Å². The Bertz CT molecular complexity index is 372. The third kappa shape index (κ3) is 1.80. The van der Waals surface area contributed by atoms with Gasteiger partial charge in [0.25, 0.3) is 0 Å². The second kappa shape index (κ2) is 4.42. The summed E-state index contributed by atoms with van der Waals surface area (Å²) in [5.41, 5.74) is 0.999. The van der Waals surface area contributed by atoms with Gasteiger partial charge in [-0.3, -0.25) is 0 Å². The molecule has 1 aromatic carbocycles. The third-order valence-corrected chi connectivity index (χ3v) is 3.64. The second-order valence-electron chi connectivity index (χ2n) is 4.39. The number of benzene rings is 1. The maximum atomic E-state index is 13.7. The van der Waals surface area contributed by atoms with Crippen LogP contribution in [0.5, 0.6) is 5.75 Å². The van der Waals surface area contributed by atoms with Gasteiger partial charge in [-0.15, -0.1) is 0 Å². The van der Waals surface area contributed by atoms with E-state index in [0.29, 0.717) is 5.75 Å². The lowest BCUT2D eigenvalue weighted by atomic mass is 9.88. The van der Waals surface area contributed by atoms with Crippen molar-refractivity contribution in [1.82, 2.24) is 5.32 Å². The summed E-state index contributed by atoms with van der Waals surface area (Å²) in [6.07, 6.45) is 4.56. The maximum absolute atomic E-state index is 13.7. The van der Waals surface area contributed by atoms with Crippen LogP contribution in [0.4, 0.5) is 4.39 Å². The molecule has 0 amide bonds. The summed E-state index contributed by atoms with van der Waals surface area (Å²) in [7, 11) is 3.44. The molecular weight excluding hydrogens is 205 g/mol. The number of methoxy groups -OCH3 is 1. The van der Waals surface area contributed by atoms with Crippen LogP contribution in [-0.2, 0) is 5.54 Å². The molecule has 1 saturated carbocycles. The van der Waals surface area contributed by atoms with Crippen LogP contribution in [0, 0.1) is 5.82 Å². The van der Waals surface area contributed by atoms with Crippen LogP contribution in [0.2, 0.25) is 0 Å². The van der Waals surface area contributed by atoms with Crippen molar-refractivity contribution in [3.8, 4) is 5.75 Å². The van der Waals surface area contributed by atoms with Crippen molar-refractivity contribution in [1.29, 1.82) is 0 Å². The first-order valence-corrected chi connectivity index (χ1v) is 5.75. The minimum Gasteiger partial charge on any atom is -0.494 e. The minimum absolute atomic E-state index is 0.0346. The smallest absolute Gasteiger partial charge is 0.165 e. The molecule has 0 radical (unpaired) electrons. The van der Waals surface area contributed by atoms with Gasteiger partial charge in [0.2, 0.25) is 0 Å². The van der Waals surface area contributed by atoms with Crippen LogP contribution in [0.25, 0.3) is 0 Å². The standard InChI is InChI=1S/C13H18FNO/c1-15-13(7-3-4-8-13)10-5-6-12(16-2)11(14)9-10/h5-6,9,15H,3-4,7-8H2,1-2H3. The third-order valence-electron chi connectivity index (χ3n) is 3.64. The molecule has 1 N–H and O–H groups in total. The van der Waals surface area contributed by atoms with E-state index in [-0.39, 0.29) is 11.4 Å². The lowest BCUT2D eigenvalue weighted by Gasteiger charge is -2.29. The molecular formula is C13H18FNO. The van der Waals surface area contributed by atoms with Crippen molar-refractivity contribution < 1.29 is 9.13 Å². The van der Waals surface area contributed by atoms with E-state index in [9.17, 15) is 4.39 Å². The summed E-state index contributed by atoms with van der Waals surface area (Å²) in [6.45, 7) is 0. The molecule has 2 nitrogen and oxygen atoms in total. The van der Waals surface area contributed by atoms with Gasteiger partial charge in [-0.25, -0.2) is 4.39 Å². The van der Waals surface area contributed by atoms with Crippen molar-refractivity contribution in [2.24, 2.45) is 0 Å². The van der Waals surface area contributed by atoms with E-state index >= 15 is 0 Å². The molecule has 0 spiro atoms. The highest BCUT2D eigenvalue weighted by molar-refractivity contribution is 5.34. The zero-order valence-corrected chi connectivity index (χ0v) is 9.85. The molecule has 2 rings (SSSR count). The summed E-state index contributed by atoms with van der Waals surface area (Å²) in [6, 6.07) is 5.27. The van der Waals surface area contributed by atoms with Crippen LogP contribution in [0.15, 0.2) is 18.2 Å². The Hall–Kier alpha value is -1.09. The van der Waals surface area contributed by atoms with Gasteiger partial charge < -0.3 is 10.1 Å². The highest BCUT2D eigenvalue weighted by Gasteiger charge is 2.34. The first kappa shape index (κ1) is 11.4. The number of nitrogens with one attached hydrogen (secondary N) is 1. The second-order valence-corrected chi connectivity index (χ2v) is 4.39. The van der Waals surface area contributed by atoms with E-state index in [4.69, 9.17) is 4.74 Å². The van der Waals surface area contributed by atoms with Crippen LogP contribution in [0.1, 0.15) is 31.2 Å². The number of halogens is 1. The number of hydrogen-bond acceptors (Lipinski definition) is 2. The Kier molecular flexibility index (Phi) is 3.15. The lowest BCUT2D eigenvalue weighted by Crippen LogP contribution is -2.37. The quantitative estimate of drug-likeness (QED) is 0.850. The molecule has 0 aromatic heterocycles. The molecule has 1 aliphatic carbocycles. The van der Waals surface area contributed by atoms with E-state index < -0.39 is 0 Å². The molecule has 0 atom stereocenters. The molecule has 0 saturated heterocycles. The van der Waals surface area contributed by atoms with E-state index in [1.807, 2.05) is 13.1 Å². The Morgan fingerprint density at radius 3 is 2.50 bits per heavy atom. The maximum Gasteiger partial charge on any atom is 0.165 e. The molecule has 1 aliphatic rings. The normalized spacial score (nSPS) is 18.7. The van der Waals surface area contributed by atoms with Crippen molar-refractivity contribution in [3.63, 3.8) is 0 Å². The average Bonchev–Trinajstić information content (AvgIpc) is 2.78. The molecule has 0 aliphatic heterocycles. The van der Waals surface area contributed by atoms with E-state index in [2.05, 4.69) is 5.32 Å². The molecule has 1 aromatic rings. The summed E-state index contributed by atoms with van der Waals surface area (Å²) in [4.78, 5) is 0. The van der Waals surface area contributed by atoms with Gasteiger partial charge in [-0.1, -0.05) is 18.9 Å². The van der Waals surface area contributed by atoms with Crippen molar-refractivity contribution >= 4 is 0 Å². The van der Waals surface area contributed by atoms with Gasteiger partial charge in [-0.05, 0) is 37.6 Å². The molecule has 0 heterocycles. The highest BCUT2D eigenvalue weighted by Crippen LogP contribution is 2.39. The lowest BCUT2D eigenvalue weighted by molar-refractivity contribution is 0.362. The molecule has 0 bridgehead atoms. The molecule has 88 valence electrons. The van der Waals surface area contributed by atoms with Crippen LogP contribution in [0.3, 0.4) is 0 Å². The summed E-state index contributed by atoms with van der Waals surface area (Å²) in [5.74, 6) is 0.0366. The van der Waals surface area contributed by atoms with E-state index in [1.54, 1.807) is 12.1 Å². The van der Waals surface area contributed by atoms with Gasteiger partial charge >= 0.3 is 0 Å². The first-order valence-electron chi connectivity index (χ1n) is 5.75. The Balaban J connectivity index is 2.36. The predicted octanol–water partition coefficient (Wildman–Crippen LogP) is 2.82. The predicted molar refractivity (Wildman–Crippen MR) is 62.2 cm³/mol. The zero-order chi connectivity index (χ0) is 11.6. The van der Waals surface area contributed by atoms with Crippen molar-refractivity contribution in [2.75, 3.05) is 14.2 Å². The Morgan fingerprint density at radius 2 is 2.00 bits per heavy atom. The Morgan fingerprint density at radius 1 is 1.31 bits per heavy atom. The number of rotatable bonds is 3. The Labute approximate surface area is 95.8 Å².